The van der Waals surface area contributed by atoms with Crippen LogP contribution in [0.3, 0.4) is 0 Å². The quantitative estimate of drug-likeness (QED) is 0.0409. The Morgan fingerprint density at radius 1 is 0.544 bits per heavy atom. The smallest absolute Gasteiger partial charge is 0.296 e. The summed E-state index contributed by atoms with van der Waals surface area (Å²) in [6.45, 7) is 6.90. The number of fused-ring (bicyclic) bond motifs is 1. The number of hydrogen-bond acceptors (Lipinski definition) is 14. The van der Waals surface area contributed by atoms with Gasteiger partial charge in [-0.15, -0.1) is 10.2 Å². The number of hydrogen-bond donors (Lipinski definition) is 6. The maximum atomic E-state index is 11.9. The molecule has 18 heteroatoms. The lowest BCUT2D eigenvalue weighted by Gasteiger charge is -2.11. The van der Waals surface area contributed by atoms with E-state index < -0.39 is 36.6 Å². The van der Waals surface area contributed by atoms with E-state index in [9.17, 15) is 36.2 Å². The van der Waals surface area contributed by atoms with Crippen molar-refractivity contribution >= 4 is 82.2 Å². The molecule has 7 N–H and O–H groups in total. The molecule has 6 aromatic rings. The van der Waals surface area contributed by atoms with Gasteiger partial charge in [-0.1, -0.05) is 12.1 Å². The first-order valence-electron chi connectivity index (χ1n) is 17.0. The van der Waals surface area contributed by atoms with Crippen molar-refractivity contribution in [1.29, 1.82) is 0 Å². The molecule has 292 valence electrons. The maximum absolute atomic E-state index is 11.9. The third-order valence-corrected chi connectivity index (χ3v) is 10.7. The van der Waals surface area contributed by atoms with Crippen molar-refractivity contribution in [3.63, 3.8) is 0 Å². The molecule has 6 rings (SSSR count). The molecule has 0 radical (unpaired) electrons. The second-order valence-electron chi connectivity index (χ2n) is 13.1. The number of nitrogens with zero attached hydrogens (tertiary/aromatic N) is 6. The number of nitrogen functional groups attached to an aromatic ring is 1. The molecule has 0 heterocycles. The molecule has 0 unspecified atom stereocenters. The zero-order valence-electron chi connectivity index (χ0n) is 30.9. The molecule has 57 heavy (non-hydrogen) atoms. The fourth-order valence-corrected chi connectivity index (χ4v) is 7.05. The molecule has 16 nitrogen and oxygen atoms in total. The van der Waals surface area contributed by atoms with Gasteiger partial charge < -0.3 is 21.3 Å². The monoisotopic (exact) mass is 808 g/mol. The first kappa shape index (κ1) is 40.2. The van der Waals surface area contributed by atoms with Crippen LogP contribution < -0.4 is 11.1 Å². The summed E-state index contributed by atoms with van der Waals surface area (Å²) in [5, 5.41) is 50.5. The Labute approximate surface area is 327 Å². The van der Waals surface area contributed by atoms with Gasteiger partial charge in [0, 0.05) is 16.8 Å². The van der Waals surface area contributed by atoms with E-state index >= 15 is 0 Å². The van der Waals surface area contributed by atoms with Gasteiger partial charge in [0.05, 0.1) is 35.0 Å². The van der Waals surface area contributed by atoms with Crippen LogP contribution in [0.5, 0.6) is 5.75 Å². The van der Waals surface area contributed by atoms with Crippen LogP contribution in [0, 0.1) is 27.7 Å². The predicted octanol–water partition coefficient (Wildman–Crippen LogP) is 10.3. The van der Waals surface area contributed by atoms with Crippen molar-refractivity contribution in [2.24, 2.45) is 30.7 Å². The van der Waals surface area contributed by atoms with Gasteiger partial charge in [-0.3, -0.25) is 9.11 Å². The molecule has 6 aromatic carbocycles. The van der Waals surface area contributed by atoms with E-state index in [2.05, 4.69) is 36.0 Å². The number of rotatable bonds is 11. The van der Waals surface area contributed by atoms with Crippen molar-refractivity contribution in [3.8, 4) is 5.75 Å². The normalized spacial score (nSPS) is 12.4. The molecule has 0 bridgehead atoms. The molecular formula is C39H36N8O8S2. The first-order chi connectivity index (χ1) is 26.9. The summed E-state index contributed by atoms with van der Waals surface area (Å²) in [5.41, 5.74) is 12.2. The molecular weight excluding hydrogens is 773 g/mol. The number of aliphatic hydroxyl groups is 1. The fraction of sp³-hybridized carbons (Fsp3) is 0.128. The summed E-state index contributed by atoms with van der Waals surface area (Å²) >= 11 is 0. The van der Waals surface area contributed by atoms with Gasteiger partial charge >= 0.3 is 0 Å². The number of azo groups is 3. The number of benzene rings is 6. The number of anilines is 3. The standard InChI is InChI=1S/C39H36N8O8S2/c1-21-15-35(23(3)13-33(21)44-42-31-11-5-25(20-48)17-38(31)57(53,54)55)46-47-36-16-22(2)34(14-24(36)4)45-43-32-12-6-26-18-27(7-9-29(26)39(32)49)41-28-8-10-30(40)37(19-28)56(50,51)52/h5-19,41,48-49H,20,40H2,1-4H3,(H,50,51,52)(H,53,54,55). The summed E-state index contributed by atoms with van der Waals surface area (Å²) in [7, 11) is -9.12. The van der Waals surface area contributed by atoms with E-state index in [0.29, 0.717) is 56.0 Å². The molecule has 0 saturated carbocycles. The van der Waals surface area contributed by atoms with Crippen LogP contribution in [0.15, 0.2) is 131 Å². The van der Waals surface area contributed by atoms with Gasteiger partial charge in [-0.2, -0.15) is 37.3 Å². The molecule has 0 amide bonds. The highest BCUT2D eigenvalue weighted by Crippen LogP contribution is 2.39. The number of aryl methyl sites for hydroxylation is 4. The average Bonchev–Trinajstić information content (AvgIpc) is 3.15. The molecule has 0 aliphatic carbocycles. The molecule has 0 atom stereocenters. The highest BCUT2D eigenvalue weighted by atomic mass is 32.2. The third-order valence-electron chi connectivity index (χ3n) is 8.86. The molecule has 0 saturated heterocycles. The van der Waals surface area contributed by atoms with Crippen LogP contribution in [0.25, 0.3) is 10.8 Å². The zero-order chi connectivity index (χ0) is 41.2. The largest absolute Gasteiger partial charge is 0.505 e. The summed E-state index contributed by atoms with van der Waals surface area (Å²) < 4.78 is 66.2. The van der Waals surface area contributed by atoms with Crippen LogP contribution in [0.4, 0.5) is 51.2 Å². The molecule has 0 spiro atoms. The van der Waals surface area contributed by atoms with Crippen LogP contribution in [0.2, 0.25) is 0 Å². The fourth-order valence-electron chi connectivity index (χ4n) is 5.73. The van der Waals surface area contributed by atoms with Crippen LogP contribution >= 0.6 is 0 Å². The van der Waals surface area contributed by atoms with Crippen LogP contribution in [-0.2, 0) is 26.8 Å². The molecule has 0 aliphatic rings. The van der Waals surface area contributed by atoms with E-state index in [1.165, 1.54) is 24.3 Å². The highest BCUT2D eigenvalue weighted by molar-refractivity contribution is 7.86. The second kappa shape index (κ2) is 16.0. The lowest BCUT2D eigenvalue weighted by atomic mass is 10.1. The number of nitrogens with two attached hydrogens (primary N) is 1. The number of aromatic hydroxyl groups is 1. The van der Waals surface area contributed by atoms with Crippen LogP contribution in [0.1, 0.15) is 27.8 Å². The minimum Gasteiger partial charge on any atom is -0.505 e. The Balaban J connectivity index is 1.18. The minimum atomic E-state index is -4.61. The van der Waals surface area contributed by atoms with Gasteiger partial charge in [0.15, 0.2) is 5.75 Å². The summed E-state index contributed by atoms with van der Waals surface area (Å²) in [6, 6.07) is 23.8. The SMILES string of the molecule is Cc1cc(N=Nc2ccc(CO)cc2S(=O)(=O)O)c(C)cc1N=Nc1cc(C)c(N=Nc2ccc3cc(Nc4ccc(N)c(S(=O)(=O)O)c4)ccc3c2O)cc1C. The number of phenolic OH excluding ortho intramolecular Hbond substituents is 1. The maximum Gasteiger partial charge on any atom is 0.296 e. The van der Waals surface area contributed by atoms with Crippen molar-refractivity contribution in [2.75, 3.05) is 11.1 Å². The summed E-state index contributed by atoms with van der Waals surface area (Å²) in [4.78, 5) is -0.876. The van der Waals surface area contributed by atoms with Gasteiger partial charge in [0.25, 0.3) is 20.2 Å². The summed E-state index contributed by atoms with van der Waals surface area (Å²) in [5.74, 6) is -0.0820. The number of aliphatic hydroxyl groups excluding tert-OH is 1. The summed E-state index contributed by atoms with van der Waals surface area (Å²) in [6.07, 6.45) is 0. The Morgan fingerprint density at radius 3 is 1.51 bits per heavy atom. The lowest BCUT2D eigenvalue weighted by molar-refractivity contribution is 0.281. The molecule has 0 aliphatic heterocycles. The Hall–Kier alpha value is -6.44. The lowest BCUT2D eigenvalue weighted by Crippen LogP contribution is -2.04. The zero-order valence-corrected chi connectivity index (χ0v) is 32.5. The molecule has 0 aromatic heterocycles. The van der Waals surface area contributed by atoms with E-state index in [0.717, 1.165) is 22.8 Å². The van der Waals surface area contributed by atoms with Crippen molar-refractivity contribution in [1.82, 2.24) is 0 Å². The average molecular weight is 809 g/mol. The van der Waals surface area contributed by atoms with E-state index in [4.69, 9.17) is 5.73 Å². The minimum absolute atomic E-state index is 0.0820. The van der Waals surface area contributed by atoms with Gasteiger partial charge in [0.2, 0.25) is 0 Å². The first-order valence-corrected chi connectivity index (χ1v) is 19.9. The third kappa shape index (κ3) is 9.17. The van der Waals surface area contributed by atoms with Gasteiger partial charge in [-0.25, -0.2) is 0 Å². The van der Waals surface area contributed by atoms with Crippen molar-refractivity contribution in [2.45, 2.75) is 44.1 Å². The Morgan fingerprint density at radius 2 is 1.00 bits per heavy atom. The van der Waals surface area contributed by atoms with Gasteiger partial charge in [-0.05, 0) is 140 Å². The highest BCUT2D eigenvalue weighted by Gasteiger charge is 2.18. The second-order valence-corrected chi connectivity index (χ2v) is 15.9. The number of phenols is 1. The van der Waals surface area contributed by atoms with E-state index in [1.54, 1.807) is 55.5 Å². The molecule has 0 fully saturated rings. The Bertz CT molecular complexity index is 2900. The van der Waals surface area contributed by atoms with E-state index in [-0.39, 0.29) is 22.8 Å². The Kier molecular flexibility index (Phi) is 11.3. The topological polar surface area (TPSA) is 261 Å². The van der Waals surface area contributed by atoms with Crippen molar-refractivity contribution in [3.05, 3.63) is 119 Å². The van der Waals surface area contributed by atoms with Crippen molar-refractivity contribution < 1.29 is 36.2 Å². The number of nitrogens with one attached hydrogen (secondary N) is 1. The van der Waals surface area contributed by atoms with Crippen LogP contribution in [-0.4, -0.2) is 36.2 Å². The predicted molar refractivity (Wildman–Crippen MR) is 216 cm³/mol. The van der Waals surface area contributed by atoms with Gasteiger partial charge in [0.1, 0.15) is 21.2 Å². The van der Waals surface area contributed by atoms with E-state index in [1.807, 2.05) is 32.9 Å².